The smallest absolute Gasteiger partial charge is 0.270 e. The molecule has 0 aliphatic heterocycles. The summed E-state index contributed by atoms with van der Waals surface area (Å²) in [5.41, 5.74) is 7.23. The average molecular weight is 416 g/mol. The Morgan fingerprint density at radius 3 is 2.29 bits per heavy atom. The van der Waals surface area contributed by atoms with Crippen molar-refractivity contribution in [2.45, 2.75) is 52.4 Å². The van der Waals surface area contributed by atoms with Crippen LogP contribution in [-0.4, -0.2) is 26.5 Å². The lowest BCUT2D eigenvalue weighted by Gasteiger charge is -2.32. The van der Waals surface area contributed by atoms with Crippen molar-refractivity contribution in [2.75, 3.05) is 5.32 Å². The summed E-state index contributed by atoms with van der Waals surface area (Å²) in [5, 5.41) is 15.8. The van der Waals surface area contributed by atoms with Gasteiger partial charge in [0.2, 0.25) is 0 Å². The standard InChI is InChI=1S/C25H29N5O/c1-15(19-11-12-20-21(14-19)25(5,6)16(2)24(20,3)4)13-17-7-9-18(10-8-17)22(31)26-23-27-29-30-28-23/h7-14,16H,1-6H3,(H2,26,27,28,29,30,31). The second-order valence-corrected chi connectivity index (χ2v) is 9.56. The molecular formula is C25H29N5O. The van der Waals surface area contributed by atoms with Crippen LogP contribution in [0.5, 0.6) is 0 Å². The zero-order valence-corrected chi connectivity index (χ0v) is 18.9. The number of allylic oxidation sites excluding steroid dienone is 1. The summed E-state index contributed by atoms with van der Waals surface area (Å²) in [5.74, 6) is 0.453. The summed E-state index contributed by atoms with van der Waals surface area (Å²) in [6.45, 7) is 13.9. The Hall–Kier alpha value is -3.28. The molecule has 160 valence electrons. The second-order valence-electron chi connectivity index (χ2n) is 9.56. The first kappa shape index (κ1) is 21.0. The Morgan fingerprint density at radius 1 is 1.00 bits per heavy atom. The summed E-state index contributed by atoms with van der Waals surface area (Å²) in [6, 6.07) is 14.4. The van der Waals surface area contributed by atoms with Gasteiger partial charge in [-0.25, -0.2) is 0 Å². The fourth-order valence-corrected chi connectivity index (χ4v) is 4.71. The Bertz CT molecular complexity index is 1140. The number of carbonyl (C=O) groups excluding carboxylic acids is 1. The third-order valence-electron chi connectivity index (χ3n) is 7.16. The molecule has 6 heteroatoms. The average Bonchev–Trinajstić information content (AvgIpc) is 3.29. The molecule has 1 aliphatic carbocycles. The maximum Gasteiger partial charge on any atom is 0.270 e. The van der Waals surface area contributed by atoms with Gasteiger partial charge in [0.25, 0.3) is 11.9 Å². The van der Waals surface area contributed by atoms with E-state index in [9.17, 15) is 4.79 Å². The molecule has 1 atom stereocenters. The third kappa shape index (κ3) is 3.67. The van der Waals surface area contributed by atoms with Crippen LogP contribution in [0.1, 0.15) is 74.2 Å². The van der Waals surface area contributed by atoms with Crippen molar-refractivity contribution in [1.82, 2.24) is 20.6 Å². The number of tetrazole rings is 1. The summed E-state index contributed by atoms with van der Waals surface area (Å²) < 4.78 is 0. The highest BCUT2D eigenvalue weighted by molar-refractivity contribution is 6.03. The van der Waals surface area contributed by atoms with Crippen LogP contribution in [0.2, 0.25) is 0 Å². The number of hydrogen-bond acceptors (Lipinski definition) is 4. The van der Waals surface area contributed by atoms with Crippen molar-refractivity contribution in [3.63, 3.8) is 0 Å². The normalized spacial score (nSPS) is 19.2. The molecule has 0 bridgehead atoms. The van der Waals surface area contributed by atoms with Gasteiger partial charge in [-0.05, 0) is 68.8 Å². The molecule has 31 heavy (non-hydrogen) atoms. The van der Waals surface area contributed by atoms with Crippen LogP contribution >= 0.6 is 0 Å². The minimum absolute atomic E-state index is 0.142. The van der Waals surface area contributed by atoms with E-state index in [-0.39, 0.29) is 22.7 Å². The molecular weight excluding hydrogens is 386 g/mol. The topological polar surface area (TPSA) is 83.6 Å². The number of benzene rings is 2. The predicted octanol–water partition coefficient (Wildman–Crippen LogP) is 5.22. The minimum Gasteiger partial charge on any atom is -0.288 e. The van der Waals surface area contributed by atoms with Crippen molar-refractivity contribution in [3.8, 4) is 0 Å². The molecule has 0 fully saturated rings. The van der Waals surface area contributed by atoms with Crippen LogP contribution in [0.4, 0.5) is 5.95 Å². The lowest BCUT2D eigenvalue weighted by atomic mass is 9.71. The Morgan fingerprint density at radius 2 is 1.65 bits per heavy atom. The number of H-pyrrole nitrogens is 1. The van der Waals surface area contributed by atoms with Gasteiger partial charge >= 0.3 is 0 Å². The van der Waals surface area contributed by atoms with E-state index < -0.39 is 0 Å². The van der Waals surface area contributed by atoms with Gasteiger partial charge in [-0.3, -0.25) is 10.1 Å². The van der Waals surface area contributed by atoms with E-state index in [1.165, 1.54) is 22.3 Å². The van der Waals surface area contributed by atoms with E-state index in [1.807, 2.05) is 12.1 Å². The Labute approximate surface area is 183 Å². The summed E-state index contributed by atoms with van der Waals surface area (Å²) in [4.78, 5) is 12.3. The molecule has 1 heterocycles. The van der Waals surface area contributed by atoms with E-state index in [0.29, 0.717) is 11.5 Å². The molecule has 0 spiro atoms. The van der Waals surface area contributed by atoms with Crippen molar-refractivity contribution < 1.29 is 4.79 Å². The van der Waals surface area contributed by atoms with Gasteiger partial charge in [0.05, 0.1) is 0 Å². The molecule has 3 aromatic rings. The van der Waals surface area contributed by atoms with Crippen molar-refractivity contribution >= 4 is 23.5 Å². The molecule has 0 saturated carbocycles. The summed E-state index contributed by atoms with van der Waals surface area (Å²) in [7, 11) is 0. The molecule has 1 aliphatic rings. The number of carbonyl (C=O) groups is 1. The van der Waals surface area contributed by atoms with Gasteiger partial charge in [0.15, 0.2) is 0 Å². The Kier molecular flexibility index (Phi) is 5.04. The number of rotatable bonds is 4. The first-order chi connectivity index (χ1) is 14.6. The van der Waals surface area contributed by atoms with Crippen molar-refractivity contribution in [1.29, 1.82) is 0 Å². The molecule has 2 N–H and O–H groups in total. The van der Waals surface area contributed by atoms with Gasteiger partial charge in [0, 0.05) is 5.56 Å². The molecule has 1 aromatic heterocycles. The van der Waals surface area contributed by atoms with E-state index in [2.05, 4.69) is 91.8 Å². The number of nitrogens with zero attached hydrogens (tertiary/aromatic N) is 3. The molecule has 0 saturated heterocycles. The van der Waals surface area contributed by atoms with Crippen molar-refractivity contribution in [3.05, 3.63) is 70.3 Å². The number of nitrogens with one attached hydrogen (secondary N) is 2. The number of anilines is 1. The first-order valence-corrected chi connectivity index (χ1v) is 10.6. The SMILES string of the molecule is CC(=Cc1ccc(C(=O)Nc2nn[nH]n2)cc1)c1ccc2c(c1)C(C)(C)C(C)C2(C)C. The lowest BCUT2D eigenvalue weighted by molar-refractivity contribution is 0.102. The molecule has 1 unspecified atom stereocenters. The fourth-order valence-electron chi connectivity index (χ4n) is 4.71. The van der Waals surface area contributed by atoms with Gasteiger partial charge in [-0.1, -0.05) is 76.1 Å². The maximum absolute atomic E-state index is 12.3. The van der Waals surface area contributed by atoms with Crippen LogP contribution in [0.3, 0.4) is 0 Å². The van der Waals surface area contributed by atoms with Crippen LogP contribution in [-0.2, 0) is 10.8 Å². The molecule has 4 rings (SSSR count). The largest absolute Gasteiger partial charge is 0.288 e. The highest BCUT2D eigenvalue weighted by Crippen LogP contribution is 2.53. The van der Waals surface area contributed by atoms with E-state index in [0.717, 1.165) is 5.56 Å². The van der Waals surface area contributed by atoms with Crippen LogP contribution in [0.25, 0.3) is 11.6 Å². The zero-order chi connectivity index (χ0) is 22.4. The summed E-state index contributed by atoms with van der Waals surface area (Å²) >= 11 is 0. The second kappa shape index (κ2) is 7.45. The lowest BCUT2D eigenvalue weighted by Crippen LogP contribution is -2.30. The first-order valence-electron chi connectivity index (χ1n) is 10.6. The third-order valence-corrected chi connectivity index (χ3v) is 7.16. The molecule has 2 aromatic carbocycles. The van der Waals surface area contributed by atoms with Crippen LogP contribution in [0.15, 0.2) is 42.5 Å². The summed E-state index contributed by atoms with van der Waals surface area (Å²) in [6.07, 6.45) is 2.15. The number of aromatic nitrogens is 4. The minimum atomic E-state index is -0.272. The molecule has 1 amide bonds. The number of amides is 1. The van der Waals surface area contributed by atoms with Gasteiger partial charge in [0.1, 0.15) is 0 Å². The number of hydrogen-bond donors (Lipinski definition) is 2. The highest BCUT2D eigenvalue weighted by Gasteiger charge is 2.48. The predicted molar refractivity (Wildman–Crippen MR) is 124 cm³/mol. The van der Waals surface area contributed by atoms with Gasteiger partial charge in [-0.2, -0.15) is 5.21 Å². The van der Waals surface area contributed by atoms with E-state index in [1.54, 1.807) is 12.1 Å². The van der Waals surface area contributed by atoms with E-state index >= 15 is 0 Å². The zero-order valence-electron chi connectivity index (χ0n) is 18.9. The molecule has 6 nitrogen and oxygen atoms in total. The van der Waals surface area contributed by atoms with Gasteiger partial charge < -0.3 is 0 Å². The maximum atomic E-state index is 12.3. The van der Waals surface area contributed by atoms with E-state index in [4.69, 9.17) is 0 Å². The molecule has 0 radical (unpaired) electrons. The van der Waals surface area contributed by atoms with Gasteiger partial charge in [-0.15, -0.1) is 5.10 Å². The fraction of sp³-hybridized carbons (Fsp3) is 0.360. The number of aromatic amines is 1. The number of fused-ring (bicyclic) bond motifs is 1. The van der Waals surface area contributed by atoms with Crippen LogP contribution in [0, 0.1) is 5.92 Å². The Balaban J connectivity index is 1.57. The highest BCUT2D eigenvalue weighted by atomic mass is 16.1. The quantitative estimate of drug-likeness (QED) is 0.573. The monoisotopic (exact) mass is 415 g/mol. The van der Waals surface area contributed by atoms with Crippen molar-refractivity contribution in [2.24, 2.45) is 5.92 Å². The van der Waals surface area contributed by atoms with Crippen LogP contribution < -0.4 is 5.32 Å².